The third-order valence-corrected chi connectivity index (χ3v) is 5.87. The Morgan fingerprint density at radius 1 is 0.962 bits per heavy atom. The van der Waals surface area contributed by atoms with Crippen molar-refractivity contribution in [2.24, 2.45) is 0 Å². The first-order chi connectivity index (χ1) is 12.6. The van der Waals surface area contributed by atoms with Gasteiger partial charge in [-0.3, -0.25) is 9.69 Å². The number of halogens is 1. The van der Waals surface area contributed by atoms with E-state index >= 15 is 0 Å². The minimum atomic E-state index is 0.000463. The standard InChI is InChI=1S/C22H15BrN2O/c1-12-11-18-20-19(22(26)25(18)17-10-6-4-8-15(17)23)14-7-3-5-9-16(14)24-21(20)13(12)2/h3-11H,1-2H3. The van der Waals surface area contributed by atoms with E-state index in [2.05, 4.69) is 35.8 Å². The summed E-state index contributed by atoms with van der Waals surface area (Å²) in [6.07, 6.45) is 0. The molecule has 0 unspecified atom stereocenters. The summed E-state index contributed by atoms with van der Waals surface area (Å²) >= 11 is 3.60. The Bertz CT molecular complexity index is 1250. The van der Waals surface area contributed by atoms with E-state index in [0.29, 0.717) is 0 Å². The second-order valence-corrected chi connectivity index (χ2v) is 7.51. The molecule has 0 atom stereocenters. The Balaban J connectivity index is 1.97. The Hall–Kier alpha value is -2.72. The normalized spacial score (nSPS) is 13.2. The summed E-state index contributed by atoms with van der Waals surface area (Å²) in [7, 11) is 0. The molecule has 0 bridgehead atoms. The smallest absolute Gasteiger partial charge is 0.264 e. The number of amides is 1. The molecule has 126 valence electrons. The molecule has 3 aromatic carbocycles. The molecule has 4 heteroatoms. The van der Waals surface area contributed by atoms with Crippen LogP contribution in [0.5, 0.6) is 0 Å². The lowest BCUT2D eigenvalue weighted by Gasteiger charge is -2.20. The van der Waals surface area contributed by atoms with Gasteiger partial charge in [0.05, 0.1) is 28.0 Å². The van der Waals surface area contributed by atoms with Gasteiger partial charge in [-0.05, 0) is 65.2 Å². The second kappa shape index (κ2) is 5.39. The van der Waals surface area contributed by atoms with Crippen LogP contribution in [0.25, 0.3) is 21.8 Å². The van der Waals surface area contributed by atoms with Gasteiger partial charge in [-0.15, -0.1) is 0 Å². The number of fused-ring (bicyclic) bond motifs is 2. The maximum Gasteiger partial charge on any atom is 0.264 e. The first-order valence-corrected chi connectivity index (χ1v) is 9.29. The van der Waals surface area contributed by atoms with Crippen molar-refractivity contribution in [1.29, 1.82) is 0 Å². The molecule has 26 heavy (non-hydrogen) atoms. The van der Waals surface area contributed by atoms with Crippen molar-refractivity contribution in [3.05, 3.63) is 75.8 Å². The van der Waals surface area contributed by atoms with Crippen molar-refractivity contribution < 1.29 is 4.79 Å². The third kappa shape index (κ3) is 1.93. The van der Waals surface area contributed by atoms with E-state index in [0.717, 1.165) is 54.3 Å². The second-order valence-electron chi connectivity index (χ2n) is 6.66. The Labute approximate surface area is 159 Å². The van der Waals surface area contributed by atoms with Crippen LogP contribution in [-0.2, 0) is 0 Å². The summed E-state index contributed by atoms with van der Waals surface area (Å²) in [5.74, 6) is 0.000463. The van der Waals surface area contributed by atoms with Crippen LogP contribution in [0.15, 0.2) is 59.1 Å². The molecule has 0 radical (unpaired) electrons. The lowest BCUT2D eigenvalue weighted by molar-refractivity contribution is 0.101. The van der Waals surface area contributed by atoms with Crippen LogP contribution in [0.3, 0.4) is 0 Å². The number of anilines is 2. The molecular formula is C22H15BrN2O. The number of carbonyl (C=O) groups excluding carboxylic acids is 1. The maximum atomic E-state index is 13.5. The van der Waals surface area contributed by atoms with Gasteiger partial charge in [0.2, 0.25) is 0 Å². The van der Waals surface area contributed by atoms with Crippen LogP contribution in [0, 0.1) is 13.8 Å². The number of hydrogen-bond acceptors (Lipinski definition) is 2. The number of aromatic nitrogens is 1. The fraction of sp³-hybridized carbons (Fsp3) is 0.0909. The Morgan fingerprint density at radius 2 is 1.69 bits per heavy atom. The van der Waals surface area contributed by atoms with E-state index in [9.17, 15) is 4.79 Å². The zero-order chi connectivity index (χ0) is 18.0. The molecule has 1 aliphatic rings. The van der Waals surface area contributed by atoms with Crippen LogP contribution >= 0.6 is 15.9 Å². The number of pyridine rings is 1. The zero-order valence-corrected chi connectivity index (χ0v) is 16.0. The summed E-state index contributed by atoms with van der Waals surface area (Å²) in [6, 6.07) is 17.8. The topological polar surface area (TPSA) is 33.2 Å². The number of para-hydroxylation sites is 2. The molecule has 5 rings (SSSR count). The van der Waals surface area contributed by atoms with Crippen LogP contribution in [0.4, 0.5) is 11.4 Å². The molecule has 0 saturated carbocycles. The molecule has 1 aliphatic heterocycles. The molecular weight excluding hydrogens is 388 g/mol. The van der Waals surface area contributed by atoms with Gasteiger partial charge in [0, 0.05) is 15.2 Å². The van der Waals surface area contributed by atoms with Crippen molar-refractivity contribution in [1.82, 2.24) is 4.98 Å². The van der Waals surface area contributed by atoms with E-state index in [4.69, 9.17) is 4.98 Å². The average Bonchev–Trinajstić information content (AvgIpc) is 2.93. The minimum Gasteiger partial charge on any atom is -0.275 e. The van der Waals surface area contributed by atoms with Gasteiger partial charge in [-0.1, -0.05) is 30.3 Å². The van der Waals surface area contributed by atoms with E-state index in [1.54, 1.807) is 0 Å². The highest BCUT2D eigenvalue weighted by molar-refractivity contribution is 9.10. The number of carbonyl (C=O) groups is 1. The predicted molar refractivity (Wildman–Crippen MR) is 109 cm³/mol. The first-order valence-electron chi connectivity index (χ1n) is 8.49. The predicted octanol–water partition coefficient (Wildman–Crippen LogP) is 6.06. The van der Waals surface area contributed by atoms with Crippen molar-refractivity contribution in [3.63, 3.8) is 0 Å². The zero-order valence-electron chi connectivity index (χ0n) is 14.4. The Kier molecular flexibility index (Phi) is 3.22. The maximum absolute atomic E-state index is 13.5. The Morgan fingerprint density at radius 3 is 2.50 bits per heavy atom. The van der Waals surface area contributed by atoms with Crippen LogP contribution in [0.2, 0.25) is 0 Å². The van der Waals surface area contributed by atoms with Gasteiger partial charge in [-0.2, -0.15) is 0 Å². The number of hydrogen-bond donors (Lipinski definition) is 0. The number of aryl methyl sites for hydroxylation is 2. The summed E-state index contributed by atoms with van der Waals surface area (Å²) in [4.78, 5) is 20.2. The van der Waals surface area contributed by atoms with Gasteiger partial charge >= 0.3 is 0 Å². The monoisotopic (exact) mass is 402 g/mol. The van der Waals surface area contributed by atoms with Crippen LogP contribution in [-0.4, -0.2) is 10.9 Å². The molecule has 0 spiro atoms. The lowest BCUT2D eigenvalue weighted by atomic mass is 9.99. The van der Waals surface area contributed by atoms with Crippen LogP contribution in [0.1, 0.15) is 21.5 Å². The number of nitrogens with zero attached hydrogens (tertiary/aromatic N) is 2. The number of rotatable bonds is 1. The van der Waals surface area contributed by atoms with Gasteiger partial charge in [0.1, 0.15) is 0 Å². The molecule has 3 nitrogen and oxygen atoms in total. The molecule has 0 aliphatic carbocycles. The quantitative estimate of drug-likeness (QED) is 0.362. The van der Waals surface area contributed by atoms with E-state index < -0.39 is 0 Å². The van der Waals surface area contributed by atoms with Gasteiger partial charge < -0.3 is 0 Å². The van der Waals surface area contributed by atoms with Gasteiger partial charge in [0.25, 0.3) is 5.91 Å². The molecule has 1 amide bonds. The third-order valence-electron chi connectivity index (χ3n) is 5.20. The summed E-state index contributed by atoms with van der Waals surface area (Å²) in [6.45, 7) is 4.15. The highest BCUT2D eigenvalue weighted by Crippen LogP contribution is 2.46. The summed E-state index contributed by atoms with van der Waals surface area (Å²) in [5, 5.41) is 1.86. The van der Waals surface area contributed by atoms with Crippen molar-refractivity contribution in [2.75, 3.05) is 4.90 Å². The van der Waals surface area contributed by atoms with Crippen LogP contribution < -0.4 is 4.90 Å². The van der Waals surface area contributed by atoms with E-state index in [-0.39, 0.29) is 5.91 Å². The molecule has 2 heterocycles. The van der Waals surface area contributed by atoms with E-state index in [1.807, 2.05) is 53.4 Å². The lowest BCUT2D eigenvalue weighted by Crippen LogP contribution is -2.21. The van der Waals surface area contributed by atoms with E-state index in [1.165, 1.54) is 0 Å². The number of benzene rings is 3. The highest BCUT2D eigenvalue weighted by Gasteiger charge is 2.35. The molecule has 0 saturated heterocycles. The highest BCUT2D eigenvalue weighted by atomic mass is 79.9. The SMILES string of the molecule is Cc1cc2c3c(c4ccccc4nc3c1C)C(=O)N2c1ccccc1Br. The molecule has 1 aromatic heterocycles. The first kappa shape index (κ1) is 15.5. The van der Waals surface area contributed by atoms with Crippen molar-refractivity contribution in [2.45, 2.75) is 13.8 Å². The van der Waals surface area contributed by atoms with Crippen molar-refractivity contribution >= 4 is 55.0 Å². The largest absolute Gasteiger partial charge is 0.275 e. The molecule has 0 fully saturated rings. The van der Waals surface area contributed by atoms with Crippen molar-refractivity contribution in [3.8, 4) is 0 Å². The summed E-state index contributed by atoms with van der Waals surface area (Å²) < 4.78 is 0.893. The molecule has 4 aromatic rings. The molecule has 0 N–H and O–H groups in total. The fourth-order valence-corrected chi connectivity index (χ4v) is 4.26. The summed E-state index contributed by atoms with van der Waals surface area (Å²) in [5.41, 5.74) is 6.54. The van der Waals surface area contributed by atoms with Gasteiger partial charge in [-0.25, -0.2) is 4.98 Å². The average molecular weight is 403 g/mol. The van der Waals surface area contributed by atoms with Gasteiger partial charge in [0.15, 0.2) is 0 Å². The fourth-order valence-electron chi connectivity index (χ4n) is 3.80. The minimum absolute atomic E-state index is 0.000463.